The maximum Gasteiger partial charge on any atom is 0.306 e. The number of halogens is 1. The fourth-order valence-electron chi connectivity index (χ4n) is 1.96. The molecule has 1 aliphatic rings. The maximum absolute atomic E-state index is 11.4. The molecule has 2 nitrogen and oxygen atoms in total. The lowest BCUT2D eigenvalue weighted by molar-refractivity contribution is -0.153. The zero-order valence-electron chi connectivity index (χ0n) is 8.36. The van der Waals surface area contributed by atoms with Gasteiger partial charge < -0.3 is 4.74 Å². The lowest BCUT2D eigenvalue weighted by atomic mass is 9.89. The van der Waals surface area contributed by atoms with Crippen LogP contribution in [0.15, 0.2) is 30.3 Å². The van der Waals surface area contributed by atoms with Crippen molar-refractivity contribution in [2.45, 2.75) is 24.9 Å². The third-order valence-corrected chi connectivity index (χ3v) is 3.68. The number of ether oxygens (including phenoxy) is 1. The van der Waals surface area contributed by atoms with E-state index < -0.39 is 0 Å². The molecule has 0 aromatic heterocycles. The highest BCUT2D eigenvalue weighted by atomic mass is 127. The van der Waals surface area contributed by atoms with Crippen LogP contribution < -0.4 is 0 Å². The standard InChI is InChI=1S/C12H13IO2/c13-8-11-6-10(7-12(14)15-11)9-4-2-1-3-5-9/h1-5,10-11H,6-8H2/t10-,11-/m1/s1. The normalized spacial score (nSPS) is 26.1. The van der Waals surface area contributed by atoms with Crippen molar-refractivity contribution in [3.8, 4) is 0 Å². The molecule has 2 atom stereocenters. The summed E-state index contributed by atoms with van der Waals surface area (Å²) in [6.07, 6.45) is 1.58. The summed E-state index contributed by atoms with van der Waals surface area (Å²) in [6.45, 7) is 0. The zero-order valence-corrected chi connectivity index (χ0v) is 10.5. The minimum atomic E-state index is -0.0585. The second-order valence-corrected chi connectivity index (χ2v) is 4.69. The summed E-state index contributed by atoms with van der Waals surface area (Å²) in [4.78, 5) is 11.4. The van der Waals surface area contributed by atoms with Gasteiger partial charge in [-0.2, -0.15) is 0 Å². The number of hydrogen-bond acceptors (Lipinski definition) is 2. The molecule has 1 fully saturated rings. The first-order chi connectivity index (χ1) is 7.29. The SMILES string of the molecule is O=C1C[C@H](c2ccccc2)C[C@H](CI)O1. The molecule has 0 bridgehead atoms. The highest BCUT2D eigenvalue weighted by Crippen LogP contribution is 2.31. The van der Waals surface area contributed by atoms with Crippen molar-refractivity contribution >= 4 is 28.6 Å². The number of carbonyl (C=O) groups excluding carboxylic acids is 1. The lowest BCUT2D eigenvalue weighted by Gasteiger charge is -2.27. The molecule has 2 rings (SSSR count). The van der Waals surface area contributed by atoms with E-state index in [0.29, 0.717) is 12.3 Å². The molecule has 15 heavy (non-hydrogen) atoms. The Morgan fingerprint density at radius 2 is 2.07 bits per heavy atom. The molecule has 0 aliphatic carbocycles. The first-order valence-corrected chi connectivity index (χ1v) is 6.62. The molecule has 80 valence electrons. The molecule has 1 aromatic rings. The third kappa shape index (κ3) is 2.71. The Bertz CT molecular complexity index is 337. The molecule has 0 unspecified atom stereocenters. The van der Waals surface area contributed by atoms with Gasteiger partial charge in [-0.05, 0) is 17.9 Å². The number of esters is 1. The average Bonchev–Trinajstić information content (AvgIpc) is 2.29. The van der Waals surface area contributed by atoms with E-state index in [2.05, 4.69) is 34.7 Å². The van der Waals surface area contributed by atoms with E-state index in [1.165, 1.54) is 5.56 Å². The number of alkyl halides is 1. The van der Waals surface area contributed by atoms with Gasteiger partial charge in [0.25, 0.3) is 0 Å². The van der Waals surface area contributed by atoms with Gasteiger partial charge in [0, 0.05) is 4.43 Å². The lowest BCUT2D eigenvalue weighted by Crippen LogP contribution is -2.29. The molecule has 1 aromatic carbocycles. The van der Waals surface area contributed by atoms with E-state index in [9.17, 15) is 4.79 Å². The number of rotatable bonds is 2. The van der Waals surface area contributed by atoms with E-state index in [1.54, 1.807) is 0 Å². The smallest absolute Gasteiger partial charge is 0.306 e. The van der Waals surface area contributed by atoms with E-state index in [-0.39, 0.29) is 12.1 Å². The van der Waals surface area contributed by atoms with Crippen LogP contribution in [0, 0.1) is 0 Å². The van der Waals surface area contributed by atoms with Crippen molar-refractivity contribution in [2.75, 3.05) is 4.43 Å². The molecular formula is C12H13IO2. The fraction of sp³-hybridized carbons (Fsp3) is 0.417. The van der Waals surface area contributed by atoms with E-state index >= 15 is 0 Å². The molecule has 0 spiro atoms. The maximum atomic E-state index is 11.4. The van der Waals surface area contributed by atoms with Gasteiger partial charge in [-0.1, -0.05) is 52.9 Å². The van der Waals surface area contributed by atoms with E-state index in [0.717, 1.165) is 10.8 Å². The molecule has 3 heteroatoms. The fourth-order valence-corrected chi connectivity index (χ4v) is 2.50. The quantitative estimate of drug-likeness (QED) is 0.476. The van der Waals surface area contributed by atoms with Crippen molar-refractivity contribution in [1.82, 2.24) is 0 Å². The Labute approximate surface area is 103 Å². The second-order valence-electron chi connectivity index (χ2n) is 3.81. The number of hydrogen-bond donors (Lipinski definition) is 0. The number of carbonyl (C=O) groups is 1. The first-order valence-electron chi connectivity index (χ1n) is 5.10. The summed E-state index contributed by atoms with van der Waals surface area (Å²) in [7, 11) is 0. The van der Waals surface area contributed by atoms with Crippen molar-refractivity contribution in [3.63, 3.8) is 0 Å². The number of cyclic esters (lactones) is 1. The summed E-state index contributed by atoms with van der Waals surface area (Å²) in [5, 5.41) is 0. The Hall–Kier alpha value is -0.580. The Morgan fingerprint density at radius 3 is 2.73 bits per heavy atom. The molecule has 1 heterocycles. The van der Waals surface area contributed by atoms with Gasteiger partial charge in [-0.25, -0.2) is 0 Å². The van der Waals surface area contributed by atoms with Gasteiger partial charge in [-0.15, -0.1) is 0 Å². The molecule has 0 N–H and O–H groups in total. The highest BCUT2D eigenvalue weighted by molar-refractivity contribution is 14.1. The topological polar surface area (TPSA) is 26.3 Å². The Balaban J connectivity index is 2.12. The summed E-state index contributed by atoms with van der Waals surface area (Å²) in [5.41, 5.74) is 1.25. The summed E-state index contributed by atoms with van der Waals surface area (Å²) >= 11 is 2.27. The van der Waals surface area contributed by atoms with Crippen LogP contribution in [0.4, 0.5) is 0 Å². The first kappa shape index (κ1) is 10.9. The van der Waals surface area contributed by atoms with Crippen LogP contribution in [0.1, 0.15) is 24.3 Å². The van der Waals surface area contributed by atoms with Gasteiger partial charge in [0.1, 0.15) is 6.10 Å². The predicted molar refractivity (Wildman–Crippen MR) is 67.2 cm³/mol. The average molecular weight is 316 g/mol. The molecule has 0 radical (unpaired) electrons. The Morgan fingerprint density at radius 1 is 1.33 bits per heavy atom. The number of benzene rings is 1. The van der Waals surface area contributed by atoms with Gasteiger partial charge in [0.2, 0.25) is 0 Å². The van der Waals surface area contributed by atoms with Crippen LogP contribution in [0.2, 0.25) is 0 Å². The third-order valence-electron chi connectivity index (χ3n) is 2.70. The van der Waals surface area contributed by atoms with Gasteiger partial charge in [0.15, 0.2) is 0 Å². The summed E-state index contributed by atoms with van der Waals surface area (Å²) in [5.74, 6) is 0.281. The van der Waals surface area contributed by atoms with Gasteiger partial charge >= 0.3 is 5.97 Å². The van der Waals surface area contributed by atoms with Crippen LogP contribution in [0.25, 0.3) is 0 Å². The van der Waals surface area contributed by atoms with Crippen LogP contribution in [0.5, 0.6) is 0 Å². The minimum absolute atomic E-state index is 0.0585. The van der Waals surface area contributed by atoms with Crippen molar-refractivity contribution in [1.29, 1.82) is 0 Å². The van der Waals surface area contributed by atoms with Crippen molar-refractivity contribution < 1.29 is 9.53 Å². The van der Waals surface area contributed by atoms with Gasteiger partial charge in [-0.3, -0.25) is 4.79 Å². The van der Waals surface area contributed by atoms with E-state index in [1.807, 2.05) is 18.2 Å². The highest BCUT2D eigenvalue weighted by Gasteiger charge is 2.28. The van der Waals surface area contributed by atoms with Crippen LogP contribution in [-0.4, -0.2) is 16.5 Å². The van der Waals surface area contributed by atoms with Gasteiger partial charge in [0.05, 0.1) is 6.42 Å². The second kappa shape index (κ2) is 4.96. The molecule has 0 saturated carbocycles. The minimum Gasteiger partial charge on any atom is -0.462 e. The van der Waals surface area contributed by atoms with Crippen molar-refractivity contribution in [3.05, 3.63) is 35.9 Å². The summed E-state index contributed by atoms with van der Waals surface area (Å²) in [6, 6.07) is 10.2. The largest absolute Gasteiger partial charge is 0.462 e. The summed E-state index contributed by atoms with van der Waals surface area (Å²) < 4.78 is 6.12. The molecule has 0 amide bonds. The van der Waals surface area contributed by atoms with Crippen LogP contribution >= 0.6 is 22.6 Å². The van der Waals surface area contributed by atoms with Crippen LogP contribution in [0.3, 0.4) is 0 Å². The molecule has 1 saturated heterocycles. The van der Waals surface area contributed by atoms with E-state index in [4.69, 9.17) is 4.74 Å². The Kier molecular flexibility index (Phi) is 3.61. The van der Waals surface area contributed by atoms with Crippen molar-refractivity contribution in [2.24, 2.45) is 0 Å². The zero-order chi connectivity index (χ0) is 10.7. The molecule has 1 aliphatic heterocycles. The monoisotopic (exact) mass is 316 g/mol. The van der Waals surface area contributed by atoms with Crippen LogP contribution in [-0.2, 0) is 9.53 Å². The predicted octanol–water partition coefficient (Wildman–Crippen LogP) is 2.91. The molecular weight excluding hydrogens is 303 g/mol.